The van der Waals surface area contributed by atoms with E-state index in [9.17, 15) is 5.11 Å². The van der Waals surface area contributed by atoms with Crippen molar-refractivity contribution < 1.29 is 9.52 Å². The Morgan fingerprint density at radius 3 is 2.79 bits per heavy atom. The van der Waals surface area contributed by atoms with Crippen LogP contribution in [0.2, 0.25) is 0 Å². The van der Waals surface area contributed by atoms with Gasteiger partial charge in [-0.25, -0.2) is 0 Å². The van der Waals surface area contributed by atoms with Gasteiger partial charge in [0.1, 0.15) is 11.3 Å². The first kappa shape index (κ1) is 9.21. The van der Waals surface area contributed by atoms with Crippen molar-refractivity contribution >= 4 is 11.1 Å². The number of furan rings is 1. The van der Waals surface area contributed by atoms with Crippen molar-refractivity contribution in [2.45, 2.75) is 26.4 Å². The zero-order valence-electron chi connectivity index (χ0n) is 8.53. The summed E-state index contributed by atoms with van der Waals surface area (Å²) in [6, 6.07) is 3.67. The van der Waals surface area contributed by atoms with E-state index in [4.69, 9.17) is 4.42 Å². The predicted molar refractivity (Wildman–Crippen MR) is 54.0 cm³/mol. The fraction of sp³-hybridized carbons (Fsp3) is 0.364. The second-order valence-corrected chi connectivity index (χ2v) is 3.94. The summed E-state index contributed by atoms with van der Waals surface area (Å²) in [5.41, 5.74) is 1.33. The number of hydrogen-bond donors (Lipinski definition) is 1. The summed E-state index contributed by atoms with van der Waals surface area (Å²) in [6.07, 6.45) is 1.70. The molecule has 0 spiro atoms. The Bertz CT molecular complexity index is 466. The summed E-state index contributed by atoms with van der Waals surface area (Å²) in [4.78, 5) is 4.21. The van der Waals surface area contributed by atoms with Crippen LogP contribution in [0.4, 0.5) is 0 Å². The fourth-order valence-electron chi connectivity index (χ4n) is 1.76. The highest BCUT2D eigenvalue weighted by molar-refractivity contribution is 5.78. The topological polar surface area (TPSA) is 46.3 Å². The van der Waals surface area contributed by atoms with Crippen LogP contribution in [0.5, 0.6) is 0 Å². The Morgan fingerprint density at radius 1 is 1.43 bits per heavy atom. The van der Waals surface area contributed by atoms with Crippen LogP contribution in [0.25, 0.3) is 11.1 Å². The highest BCUT2D eigenvalue weighted by Gasteiger charge is 2.25. The Kier molecular flexibility index (Phi) is 1.86. The average molecular weight is 191 g/mol. The van der Waals surface area contributed by atoms with Gasteiger partial charge in [-0.3, -0.25) is 4.98 Å². The van der Waals surface area contributed by atoms with E-state index in [0.29, 0.717) is 0 Å². The first-order valence-corrected chi connectivity index (χ1v) is 4.57. The van der Waals surface area contributed by atoms with E-state index in [1.54, 1.807) is 20.0 Å². The summed E-state index contributed by atoms with van der Waals surface area (Å²) >= 11 is 0. The molecule has 74 valence electrons. The number of aliphatic hydroxyl groups is 1. The van der Waals surface area contributed by atoms with Crippen molar-refractivity contribution in [1.29, 1.82) is 0 Å². The molecular weight excluding hydrogens is 178 g/mol. The molecule has 0 radical (unpaired) electrons. The van der Waals surface area contributed by atoms with E-state index in [0.717, 1.165) is 22.4 Å². The Labute approximate surface area is 82.4 Å². The van der Waals surface area contributed by atoms with Crippen molar-refractivity contribution in [2.75, 3.05) is 0 Å². The van der Waals surface area contributed by atoms with Gasteiger partial charge in [-0.1, -0.05) is 0 Å². The van der Waals surface area contributed by atoms with Crippen LogP contribution in [0.3, 0.4) is 0 Å². The van der Waals surface area contributed by atoms with Crippen molar-refractivity contribution in [1.82, 2.24) is 4.98 Å². The number of nitrogens with zero attached hydrogens (tertiary/aromatic N) is 1. The highest BCUT2D eigenvalue weighted by Crippen LogP contribution is 2.31. The predicted octanol–water partition coefficient (Wildman–Crippen LogP) is 2.36. The van der Waals surface area contributed by atoms with E-state index < -0.39 is 5.60 Å². The average Bonchev–Trinajstić information content (AvgIpc) is 2.38. The van der Waals surface area contributed by atoms with Gasteiger partial charge in [0.25, 0.3) is 0 Å². The second kappa shape index (κ2) is 2.82. The minimum absolute atomic E-state index is 0.724. The maximum Gasteiger partial charge on any atom is 0.153 e. The van der Waals surface area contributed by atoms with Crippen LogP contribution in [0, 0.1) is 6.92 Å². The van der Waals surface area contributed by atoms with Crippen molar-refractivity contribution in [3.05, 3.63) is 29.7 Å². The van der Waals surface area contributed by atoms with E-state index in [1.807, 2.05) is 19.1 Å². The SMILES string of the molecule is Cc1oc2cccnc2c1C(C)(C)O. The molecule has 0 saturated heterocycles. The molecule has 3 heteroatoms. The molecule has 0 saturated carbocycles. The lowest BCUT2D eigenvalue weighted by molar-refractivity contribution is 0.0781. The minimum Gasteiger partial charge on any atom is -0.459 e. The minimum atomic E-state index is -0.913. The monoisotopic (exact) mass is 191 g/mol. The quantitative estimate of drug-likeness (QED) is 0.752. The Morgan fingerprint density at radius 2 is 2.14 bits per heavy atom. The van der Waals surface area contributed by atoms with Gasteiger partial charge in [0.2, 0.25) is 0 Å². The molecule has 0 aliphatic heterocycles. The molecule has 0 aliphatic carbocycles. The van der Waals surface area contributed by atoms with E-state index in [2.05, 4.69) is 4.98 Å². The molecule has 2 aromatic heterocycles. The number of fused-ring (bicyclic) bond motifs is 1. The Hall–Kier alpha value is -1.35. The molecule has 3 nitrogen and oxygen atoms in total. The van der Waals surface area contributed by atoms with Gasteiger partial charge in [-0.05, 0) is 32.9 Å². The summed E-state index contributed by atoms with van der Waals surface area (Å²) in [6.45, 7) is 5.31. The molecule has 2 aromatic rings. The third-order valence-electron chi connectivity index (χ3n) is 2.23. The molecule has 0 atom stereocenters. The zero-order chi connectivity index (χ0) is 10.3. The number of pyridine rings is 1. The standard InChI is InChI=1S/C11H13NO2/c1-7-9(11(2,3)13)10-8(14-7)5-4-6-12-10/h4-6,13H,1-3H3. The van der Waals surface area contributed by atoms with Gasteiger partial charge in [0, 0.05) is 6.20 Å². The summed E-state index contributed by atoms with van der Waals surface area (Å²) in [7, 11) is 0. The van der Waals surface area contributed by atoms with Crippen molar-refractivity contribution in [2.24, 2.45) is 0 Å². The number of aromatic nitrogens is 1. The fourth-order valence-corrected chi connectivity index (χ4v) is 1.76. The number of rotatable bonds is 1. The molecule has 0 bridgehead atoms. The van der Waals surface area contributed by atoms with Gasteiger partial charge in [-0.2, -0.15) is 0 Å². The molecule has 14 heavy (non-hydrogen) atoms. The first-order valence-electron chi connectivity index (χ1n) is 4.57. The van der Waals surface area contributed by atoms with Gasteiger partial charge in [0.15, 0.2) is 5.58 Å². The van der Waals surface area contributed by atoms with Gasteiger partial charge in [-0.15, -0.1) is 0 Å². The smallest absolute Gasteiger partial charge is 0.153 e. The molecule has 0 amide bonds. The van der Waals surface area contributed by atoms with Crippen LogP contribution < -0.4 is 0 Å². The lowest BCUT2D eigenvalue weighted by Crippen LogP contribution is -2.16. The molecule has 2 heterocycles. The largest absolute Gasteiger partial charge is 0.459 e. The van der Waals surface area contributed by atoms with Crippen LogP contribution in [-0.4, -0.2) is 10.1 Å². The molecular formula is C11H13NO2. The van der Waals surface area contributed by atoms with E-state index >= 15 is 0 Å². The number of aryl methyl sites for hydroxylation is 1. The second-order valence-electron chi connectivity index (χ2n) is 3.94. The molecule has 0 aromatic carbocycles. The third kappa shape index (κ3) is 1.30. The molecule has 0 fully saturated rings. The third-order valence-corrected chi connectivity index (χ3v) is 2.23. The first-order chi connectivity index (χ1) is 6.50. The lowest BCUT2D eigenvalue weighted by atomic mass is 9.98. The van der Waals surface area contributed by atoms with E-state index in [-0.39, 0.29) is 0 Å². The molecule has 1 N–H and O–H groups in total. The van der Waals surface area contributed by atoms with Crippen LogP contribution in [0.15, 0.2) is 22.7 Å². The van der Waals surface area contributed by atoms with Gasteiger partial charge >= 0.3 is 0 Å². The molecule has 2 rings (SSSR count). The summed E-state index contributed by atoms with van der Waals surface area (Å²) in [5, 5.41) is 9.96. The lowest BCUT2D eigenvalue weighted by Gasteiger charge is -2.16. The summed E-state index contributed by atoms with van der Waals surface area (Å²) < 4.78 is 5.50. The van der Waals surface area contributed by atoms with Crippen LogP contribution in [-0.2, 0) is 5.60 Å². The highest BCUT2D eigenvalue weighted by atomic mass is 16.3. The Balaban J connectivity index is 2.81. The molecule has 0 unspecified atom stereocenters. The van der Waals surface area contributed by atoms with Crippen molar-refractivity contribution in [3.63, 3.8) is 0 Å². The van der Waals surface area contributed by atoms with Crippen LogP contribution >= 0.6 is 0 Å². The van der Waals surface area contributed by atoms with Gasteiger partial charge < -0.3 is 9.52 Å². The zero-order valence-corrected chi connectivity index (χ0v) is 8.53. The normalized spacial score (nSPS) is 12.3. The van der Waals surface area contributed by atoms with E-state index in [1.165, 1.54) is 0 Å². The maximum atomic E-state index is 9.96. The van der Waals surface area contributed by atoms with Crippen molar-refractivity contribution in [3.8, 4) is 0 Å². The van der Waals surface area contributed by atoms with Crippen LogP contribution in [0.1, 0.15) is 25.2 Å². The number of hydrogen-bond acceptors (Lipinski definition) is 3. The molecule has 0 aliphatic rings. The van der Waals surface area contributed by atoms with Gasteiger partial charge in [0.05, 0.1) is 11.2 Å². The summed E-state index contributed by atoms with van der Waals surface area (Å²) in [5.74, 6) is 0.728. The maximum absolute atomic E-state index is 9.96.